The van der Waals surface area contributed by atoms with Crippen LogP contribution in [0.4, 0.5) is 5.69 Å². The molecular weight excluding hydrogens is 418 g/mol. The number of thiophene rings is 1. The van der Waals surface area contributed by atoms with Crippen molar-refractivity contribution in [3.05, 3.63) is 57.5 Å². The number of sulfonamides is 1. The summed E-state index contributed by atoms with van der Waals surface area (Å²) >= 11 is 1.17. The minimum atomic E-state index is -3.66. The van der Waals surface area contributed by atoms with E-state index in [1.807, 2.05) is 0 Å². The Morgan fingerprint density at radius 2 is 1.93 bits per heavy atom. The van der Waals surface area contributed by atoms with Gasteiger partial charge < -0.3 is 9.64 Å². The van der Waals surface area contributed by atoms with Gasteiger partial charge in [0.2, 0.25) is 0 Å². The van der Waals surface area contributed by atoms with E-state index in [4.69, 9.17) is 4.74 Å². The van der Waals surface area contributed by atoms with E-state index >= 15 is 0 Å². The zero-order valence-corrected chi connectivity index (χ0v) is 17.0. The first kappa shape index (κ1) is 20.0. The number of carbonyl (C=O) groups is 1. The predicted molar refractivity (Wildman–Crippen MR) is 105 cm³/mol. The van der Waals surface area contributed by atoms with Crippen molar-refractivity contribution in [2.24, 2.45) is 0 Å². The molecule has 1 spiro atoms. The summed E-state index contributed by atoms with van der Waals surface area (Å²) in [6.07, 6.45) is 0.691. The number of rotatable bonds is 4. The third kappa shape index (κ3) is 3.54. The van der Waals surface area contributed by atoms with E-state index in [-0.39, 0.29) is 27.9 Å². The topological polar surface area (TPSA) is 110 Å². The monoisotopic (exact) mass is 437 g/mol. The van der Waals surface area contributed by atoms with Crippen LogP contribution in [0.2, 0.25) is 0 Å². The van der Waals surface area contributed by atoms with E-state index in [1.54, 1.807) is 28.5 Å². The lowest BCUT2D eigenvalue weighted by Gasteiger charge is -2.42. The smallest absolute Gasteiger partial charge is 0.270 e. The maximum Gasteiger partial charge on any atom is 0.270 e. The molecule has 0 aliphatic carbocycles. The number of ether oxygens (including phenoxy) is 1. The molecule has 29 heavy (non-hydrogen) atoms. The quantitative estimate of drug-likeness (QED) is 0.536. The van der Waals surface area contributed by atoms with Gasteiger partial charge in [0, 0.05) is 50.2 Å². The van der Waals surface area contributed by atoms with E-state index < -0.39 is 20.7 Å². The molecule has 0 N–H and O–H groups in total. The number of likely N-dealkylation sites (tertiary alicyclic amines) is 1. The van der Waals surface area contributed by atoms with E-state index in [0.29, 0.717) is 32.5 Å². The van der Waals surface area contributed by atoms with Crippen LogP contribution in [0.3, 0.4) is 0 Å². The van der Waals surface area contributed by atoms with E-state index in [1.165, 1.54) is 33.8 Å². The number of non-ortho nitro benzene ring substituents is 1. The lowest BCUT2D eigenvalue weighted by Crippen LogP contribution is -2.55. The Labute approximate surface area is 171 Å². The molecule has 4 rings (SSSR count). The first-order valence-corrected chi connectivity index (χ1v) is 11.4. The SMILES string of the molecule is O=C(c1cccc([N+](=O)[O-])c1)N1CCC2(CC1)OCCN2S(=O)(=O)c1cccs1. The first-order chi connectivity index (χ1) is 13.8. The molecule has 154 valence electrons. The maximum absolute atomic E-state index is 13.0. The highest BCUT2D eigenvalue weighted by molar-refractivity contribution is 7.91. The number of carbonyl (C=O) groups excluding carboxylic acids is 1. The van der Waals surface area contributed by atoms with Crippen LogP contribution in [0.25, 0.3) is 0 Å². The largest absolute Gasteiger partial charge is 0.358 e. The van der Waals surface area contributed by atoms with Crippen LogP contribution < -0.4 is 0 Å². The van der Waals surface area contributed by atoms with Gasteiger partial charge in [0.1, 0.15) is 9.93 Å². The first-order valence-electron chi connectivity index (χ1n) is 9.08. The normalized spacial score (nSPS) is 19.5. The second kappa shape index (κ2) is 7.48. The zero-order chi connectivity index (χ0) is 20.6. The number of nitrogens with zero attached hydrogens (tertiary/aromatic N) is 3. The number of hydrogen-bond donors (Lipinski definition) is 0. The number of piperidine rings is 1. The number of nitro benzene ring substituents is 1. The summed E-state index contributed by atoms with van der Waals surface area (Å²) in [5, 5.41) is 12.7. The maximum atomic E-state index is 13.0. The highest BCUT2D eigenvalue weighted by atomic mass is 32.2. The summed E-state index contributed by atoms with van der Waals surface area (Å²) in [4.78, 5) is 24.8. The van der Waals surface area contributed by atoms with Gasteiger partial charge in [0.05, 0.1) is 11.5 Å². The Bertz CT molecular complexity index is 1030. The Morgan fingerprint density at radius 1 is 1.17 bits per heavy atom. The molecule has 9 nitrogen and oxygen atoms in total. The van der Waals surface area contributed by atoms with E-state index in [9.17, 15) is 23.3 Å². The van der Waals surface area contributed by atoms with Crippen molar-refractivity contribution in [3.8, 4) is 0 Å². The third-order valence-corrected chi connectivity index (χ3v) is 8.62. The fraction of sp³-hybridized carbons (Fsp3) is 0.389. The minimum Gasteiger partial charge on any atom is -0.358 e. The van der Waals surface area contributed by atoms with Gasteiger partial charge in [-0.15, -0.1) is 11.3 Å². The lowest BCUT2D eigenvalue weighted by atomic mass is 10.00. The molecule has 1 amide bonds. The van der Waals surface area contributed by atoms with Crippen LogP contribution in [0.15, 0.2) is 46.0 Å². The molecule has 0 unspecified atom stereocenters. The summed E-state index contributed by atoms with van der Waals surface area (Å²) in [5.74, 6) is -0.311. The zero-order valence-electron chi connectivity index (χ0n) is 15.4. The summed E-state index contributed by atoms with van der Waals surface area (Å²) < 4.78 is 33.6. The number of amides is 1. The van der Waals surface area contributed by atoms with Crippen LogP contribution in [0.1, 0.15) is 23.2 Å². The number of nitro groups is 1. The average molecular weight is 437 g/mol. The van der Waals surface area contributed by atoms with Crippen LogP contribution in [-0.4, -0.2) is 60.4 Å². The molecule has 1 aromatic carbocycles. The molecule has 1 aromatic heterocycles. The van der Waals surface area contributed by atoms with Gasteiger partial charge in [-0.1, -0.05) is 12.1 Å². The minimum absolute atomic E-state index is 0.142. The van der Waals surface area contributed by atoms with Crippen molar-refractivity contribution in [3.63, 3.8) is 0 Å². The molecule has 2 aliphatic heterocycles. The van der Waals surface area contributed by atoms with Crippen LogP contribution in [0, 0.1) is 10.1 Å². The fourth-order valence-corrected chi connectivity index (χ4v) is 6.67. The Kier molecular flexibility index (Phi) is 5.15. The molecule has 2 fully saturated rings. The van der Waals surface area contributed by atoms with E-state index in [0.717, 1.165) is 0 Å². The van der Waals surface area contributed by atoms with Crippen molar-refractivity contribution in [1.82, 2.24) is 9.21 Å². The van der Waals surface area contributed by atoms with Gasteiger partial charge >= 0.3 is 0 Å². The second-order valence-electron chi connectivity index (χ2n) is 6.90. The highest BCUT2D eigenvalue weighted by Gasteiger charge is 2.51. The molecule has 0 radical (unpaired) electrons. The molecule has 2 aromatic rings. The third-order valence-electron chi connectivity index (χ3n) is 5.29. The van der Waals surface area contributed by atoms with Gasteiger partial charge in [-0.25, -0.2) is 8.42 Å². The van der Waals surface area contributed by atoms with Crippen molar-refractivity contribution in [2.75, 3.05) is 26.2 Å². The van der Waals surface area contributed by atoms with Crippen molar-refractivity contribution < 1.29 is 22.9 Å². The van der Waals surface area contributed by atoms with Gasteiger partial charge in [-0.05, 0) is 17.5 Å². The van der Waals surface area contributed by atoms with Gasteiger partial charge in [0.15, 0.2) is 0 Å². The Hall–Kier alpha value is -2.34. The van der Waals surface area contributed by atoms with Gasteiger partial charge in [-0.3, -0.25) is 14.9 Å². The number of benzene rings is 1. The Morgan fingerprint density at radius 3 is 2.59 bits per heavy atom. The van der Waals surface area contributed by atoms with Crippen molar-refractivity contribution >= 4 is 33.0 Å². The Balaban J connectivity index is 1.50. The molecule has 0 atom stereocenters. The number of hydrogen-bond acceptors (Lipinski definition) is 7. The second-order valence-corrected chi connectivity index (χ2v) is 9.94. The molecule has 3 heterocycles. The highest BCUT2D eigenvalue weighted by Crippen LogP contribution is 2.39. The lowest BCUT2D eigenvalue weighted by molar-refractivity contribution is -0.384. The molecular formula is C18H19N3O6S2. The summed E-state index contributed by atoms with van der Waals surface area (Å²) in [6, 6.07) is 8.88. The standard InChI is InChI=1S/C18H19N3O6S2/c22-17(14-3-1-4-15(13-14)21(23)24)19-8-6-18(7-9-19)20(10-11-27-18)29(25,26)16-5-2-12-28-16/h1-5,12-13H,6-11H2. The van der Waals surface area contributed by atoms with E-state index in [2.05, 4.69) is 0 Å². The van der Waals surface area contributed by atoms with Gasteiger partial charge in [0.25, 0.3) is 21.6 Å². The van der Waals surface area contributed by atoms with Crippen LogP contribution >= 0.6 is 11.3 Å². The molecule has 0 bridgehead atoms. The van der Waals surface area contributed by atoms with Crippen LogP contribution in [0.5, 0.6) is 0 Å². The summed E-state index contributed by atoms with van der Waals surface area (Å²) in [6.45, 7) is 1.19. The van der Waals surface area contributed by atoms with Crippen molar-refractivity contribution in [1.29, 1.82) is 0 Å². The summed E-state index contributed by atoms with van der Waals surface area (Å²) in [7, 11) is -3.66. The van der Waals surface area contributed by atoms with Gasteiger partial charge in [-0.2, -0.15) is 4.31 Å². The fourth-order valence-electron chi connectivity index (χ4n) is 3.84. The molecule has 2 aliphatic rings. The van der Waals surface area contributed by atoms with Crippen molar-refractivity contribution in [2.45, 2.75) is 22.8 Å². The summed E-state index contributed by atoms with van der Waals surface area (Å²) in [5.41, 5.74) is -0.857. The predicted octanol–water partition coefficient (Wildman–Crippen LogP) is 2.31. The van der Waals surface area contributed by atoms with Crippen LogP contribution in [-0.2, 0) is 14.8 Å². The molecule has 11 heteroatoms. The molecule has 2 saturated heterocycles. The molecule has 0 saturated carbocycles. The average Bonchev–Trinajstić information content (AvgIpc) is 3.39.